The van der Waals surface area contributed by atoms with Gasteiger partial charge in [0.15, 0.2) is 5.78 Å². The number of carbonyl (C=O) groups excluding carboxylic acids is 3. The lowest BCUT2D eigenvalue weighted by Gasteiger charge is -2.43. The third-order valence-electron chi connectivity index (χ3n) is 4.55. The maximum Gasteiger partial charge on any atom is 0.317 e. The molecule has 1 aromatic heterocycles. The van der Waals surface area contributed by atoms with Crippen molar-refractivity contribution in [2.24, 2.45) is 11.8 Å². The van der Waals surface area contributed by atoms with E-state index in [9.17, 15) is 19.5 Å². The average Bonchev–Trinajstić information content (AvgIpc) is 2.52. The highest BCUT2D eigenvalue weighted by molar-refractivity contribution is 6.02. The number of carbonyl (C=O) groups is 3. The third-order valence-corrected chi connectivity index (χ3v) is 4.55. The second-order valence-corrected chi connectivity index (χ2v) is 7.74. The van der Waals surface area contributed by atoms with Crippen LogP contribution in [0.3, 0.4) is 0 Å². The highest BCUT2D eigenvalue weighted by Crippen LogP contribution is 2.46. The molecule has 0 radical (unpaired) electrons. The van der Waals surface area contributed by atoms with Crippen molar-refractivity contribution in [2.75, 3.05) is 0 Å². The van der Waals surface area contributed by atoms with Crippen LogP contribution in [0.15, 0.2) is 24.5 Å². The highest BCUT2D eigenvalue weighted by Gasteiger charge is 2.57. The molecule has 7 nitrogen and oxygen atoms in total. The Morgan fingerprint density at radius 2 is 1.78 bits per heavy atom. The number of rotatable bonds is 5. The standard InChI is InChI=1S/C20H27NO6/c1-11(2)26-18(23)16-14(22)9-20(5,25)17(19(24)27-12(3)4)15(16)13-7-6-8-21-10-13/h6-8,10-12,15-17,25H,9H2,1-5H3/t15-,16-,17+,20+/m1/s1. The fourth-order valence-corrected chi connectivity index (χ4v) is 3.60. The van der Waals surface area contributed by atoms with Crippen LogP contribution in [0, 0.1) is 11.8 Å². The van der Waals surface area contributed by atoms with Gasteiger partial charge in [-0.1, -0.05) is 6.07 Å². The molecule has 1 aromatic rings. The maximum atomic E-state index is 12.8. The van der Waals surface area contributed by atoms with Crippen LogP contribution in [-0.2, 0) is 23.9 Å². The molecule has 1 fully saturated rings. The van der Waals surface area contributed by atoms with Crippen molar-refractivity contribution in [3.05, 3.63) is 30.1 Å². The van der Waals surface area contributed by atoms with Gasteiger partial charge in [-0.15, -0.1) is 0 Å². The van der Waals surface area contributed by atoms with Crippen molar-refractivity contribution in [2.45, 2.75) is 64.8 Å². The number of esters is 2. The Morgan fingerprint density at radius 3 is 2.30 bits per heavy atom. The van der Waals surface area contributed by atoms with Crippen LogP contribution in [0.2, 0.25) is 0 Å². The van der Waals surface area contributed by atoms with Crippen molar-refractivity contribution in [1.82, 2.24) is 4.98 Å². The van der Waals surface area contributed by atoms with Crippen LogP contribution in [0.1, 0.15) is 52.5 Å². The number of nitrogens with zero attached hydrogens (tertiary/aromatic N) is 1. The summed E-state index contributed by atoms with van der Waals surface area (Å²) < 4.78 is 10.6. The Balaban J connectivity index is 2.57. The predicted octanol–water partition coefficient (Wildman–Crippen LogP) is 2.02. The van der Waals surface area contributed by atoms with E-state index in [0.717, 1.165) is 0 Å². The molecule has 1 N–H and O–H groups in total. The summed E-state index contributed by atoms with van der Waals surface area (Å²) in [5.41, 5.74) is -1.15. The third kappa shape index (κ3) is 4.71. The van der Waals surface area contributed by atoms with Crippen molar-refractivity contribution in [1.29, 1.82) is 0 Å². The number of hydrogen-bond acceptors (Lipinski definition) is 7. The van der Waals surface area contributed by atoms with E-state index in [0.29, 0.717) is 5.56 Å². The van der Waals surface area contributed by atoms with E-state index in [1.165, 1.54) is 13.1 Å². The number of aliphatic hydroxyl groups is 1. The van der Waals surface area contributed by atoms with Gasteiger partial charge in [0.2, 0.25) is 0 Å². The smallest absolute Gasteiger partial charge is 0.317 e. The second-order valence-electron chi connectivity index (χ2n) is 7.74. The van der Waals surface area contributed by atoms with E-state index in [4.69, 9.17) is 9.47 Å². The first kappa shape index (κ1) is 21.0. The summed E-state index contributed by atoms with van der Waals surface area (Å²) in [6.07, 6.45) is 1.89. The summed E-state index contributed by atoms with van der Waals surface area (Å²) in [6, 6.07) is 3.33. The molecule has 0 aliphatic heterocycles. The van der Waals surface area contributed by atoms with Crippen LogP contribution in [0.25, 0.3) is 0 Å². The Hall–Kier alpha value is -2.28. The van der Waals surface area contributed by atoms with Crippen molar-refractivity contribution in [3.63, 3.8) is 0 Å². The van der Waals surface area contributed by atoms with Crippen LogP contribution >= 0.6 is 0 Å². The first-order valence-corrected chi connectivity index (χ1v) is 9.10. The lowest BCUT2D eigenvalue weighted by Crippen LogP contribution is -2.55. The Morgan fingerprint density at radius 1 is 1.19 bits per heavy atom. The fraction of sp³-hybridized carbons (Fsp3) is 0.600. The quantitative estimate of drug-likeness (QED) is 0.618. The summed E-state index contributed by atoms with van der Waals surface area (Å²) in [5, 5.41) is 10.9. The molecule has 0 saturated heterocycles. The van der Waals surface area contributed by atoms with Crippen molar-refractivity contribution in [3.8, 4) is 0 Å². The van der Waals surface area contributed by atoms with Gasteiger partial charge in [0.25, 0.3) is 0 Å². The molecule has 0 amide bonds. The van der Waals surface area contributed by atoms with E-state index in [2.05, 4.69) is 4.98 Å². The number of Topliss-reactive ketones (excluding diaryl/α,β-unsaturated/α-hetero) is 1. The highest BCUT2D eigenvalue weighted by atomic mass is 16.5. The van der Waals surface area contributed by atoms with Gasteiger partial charge in [-0.3, -0.25) is 19.4 Å². The Bertz CT molecular complexity index is 690. The molecule has 7 heteroatoms. The first-order chi connectivity index (χ1) is 12.5. The zero-order chi connectivity index (χ0) is 20.4. The molecule has 0 aromatic carbocycles. The molecule has 1 heterocycles. The molecule has 148 valence electrons. The topological polar surface area (TPSA) is 103 Å². The largest absolute Gasteiger partial charge is 0.463 e. The minimum atomic E-state index is -1.65. The maximum absolute atomic E-state index is 12.8. The predicted molar refractivity (Wildman–Crippen MR) is 96.7 cm³/mol. The summed E-state index contributed by atoms with van der Waals surface area (Å²) in [7, 11) is 0. The summed E-state index contributed by atoms with van der Waals surface area (Å²) in [6.45, 7) is 8.19. The van der Waals surface area contributed by atoms with E-state index in [1.54, 1.807) is 46.0 Å². The van der Waals surface area contributed by atoms with E-state index >= 15 is 0 Å². The summed E-state index contributed by atoms with van der Waals surface area (Å²) >= 11 is 0. The zero-order valence-electron chi connectivity index (χ0n) is 16.3. The molecule has 1 aliphatic carbocycles. The normalized spacial score (nSPS) is 28.3. The lowest BCUT2D eigenvalue weighted by molar-refractivity contribution is -0.176. The molecule has 2 rings (SSSR count). The van der Waals surface area contributed by atoms with Gasteiger partial charge in [-0.05, 0) is 46.2 Å². The monoisotopic (exact) mass is 377 g/mol. The van der Waals surface area contributed by atoms with Crippen LogP contribution in [-0.4, -0.2) is 45.6 Å². The number of ether oxygens (including phenoxy) is 2. The van der Waals surface area contributed by atoms with Gasteiger partial charge in [0, 0.05) is 24.7 Å². The molecule has 1 saturated carbocycles. The van der Waals surface area contributed by atoms with Gasteiger partial charge in [-0.25, -0.2) is 0 Å². The molecule has 0 spiro atoms. The first-order valence-electron chi connectivity index (χ1n) is 9.10. The average molecular weight is 377 g/mol. The molecule has 4 atom stereocenters. The number of ketones is 1. The number of pyridine rings is 1. The second kappa shape index (κ2) is 8.17. The van der Waals surface area contributed by atoms with E-state index < -0.39 is 53.3 Å². The zero-order valence-corrected chi connectivity index (χ0v) is 16.3. The van der Waals surface area contributed by atoms with Gasteiger partial charge < -0.3 is 14.6 Å². The minimum Gasteiger partial charge on any atom is -0.463 e. The SMILES string of the molecule is CC(C)OC(=O)[C@@H]1C(=O)C[C@](C)(O)[C@H](C(=O)OC(C)C)[C@@H]1c1cccnc1. The molecule has 0 unspecified atom stereocenters. The minimum absolute atomic E-state index is 0.334. The molecular formula is C20H27NO6. The molecule has 0 bridgehead atoms. The number of hydrogen-bond donors (Lipinski definition) is 1. The van der Waals surface area contributed by atoms with Gasteiger partial charge in [-0.2, -0.15) is 0 Å². The van der Waals surface area contributed by atoms with E-state index in [1.807, 2.05) is 0 Å². The lowest BCUT2D eigenvalue weighted by atomic mass is 9.62. The van der Waals surface area contributed by atoms with Crippen molar-refractivity contribution < 1.29 is 29.0 Å². The van der Waals surface area contributed by atoms with Crippen LogP contribution in [0.4, 0.5) is 0 Å². The van der Waals surface area contributed by atoms with Gasteiger partial charge in [0.05, 0.1) is 23.7 Å². The summed E-state index contributed by atoms with van der Waals surface area (Å²) in [4.78, 5) is 42.4. The Kier molecular flexibility index (Phi) is 6.36. The Labute approximate surface area is 159 Å². The summed E-state index contributed by atoms with van der Waals surface area (Å²) in [5.74, 6) is -5.06. The fourth-order valence-electron chi connectivity index (χ4n) is 3.60. The molecular weight excluding hydrogens is 350 g/mol. The molecule has 27 heavy (non-hydrogen) atoms. The number of aromatic nitrogens is 1. The molecule has 1 aliphatic rings. The van der Waals surface area contributed by atoms with Crippen LogP contribution < -0.4 is 0 Å². The van der Waals surface area contributed by atoms with Crippen molar-refractivity contribution >= 4 is 17.7 Å². The van der Waals surface area contributed by atoms with Gasteiger partial charge in [0.1, 0.15) is 5.92 Å². The van der Waals surface area contributed by atoms with E-state index in [-0.39, 0.29) is 6.42 Å². The van der Waals surface area contributed by atoms with Crippen LogP contribution in [0.5, 0.6) is 0 Å². The van der Waals surface area contributed by atoms with Gasteiger partial charge >= 0.3 is 11.9 Å².